The number of hydrogen-bond acceptors (Lipinski definition) is 5. The number of aliphatic imine (C=N–C) groups is 1. The van der Waals surface area contributed by atoms with E-state index in [0.29, 0.717) is 18.0 Å². The fourth-order valence-electron chi connectivity index (χ4n) is 3.58. The lowest BCUT2D eigenvalue weighted by Gasteiger charge is -2.31. The number of pyridine rings is 1. The first-order valence-electron chi connectivity index (χ1n) is 10.8. The minimum Gasteiger partial charge on any atom is -0.357 e. The molecule has 1 fully saturated rings. The molecule has 8 heteroatoms. The highest BCUT2D eigenvalue weighted by Crippen LogP contribution is 2.21. The number of guanidine groups is 1. The molecule has 2 aromatic rings. The molecule has 0 spiro atoms. The number of nitrogens with zero attached hydrogens (tertiary/aromatic N) is 3. The van der Waals surface area contributed by atoms with Crippen LogP contribution in [0.2, 0.25) is 0 Å². The van der Waals surface area contributed by atoms with E-state index in [1.807, 2.05) is 18.3 Å². The summed E-state index contributed by atoms with van der Waals surface area (Å²) in [4.78, 5) is 11.6. The molecule has 0 radical (unpaired) electrons. The maximum atomic E-state index is 11.5. The van der Waals surface area contributed by atoms with Gasteiger partial charge in [0.1, 0.15) is 5.82 Å². The lowest BCUT2D eigenvalue weighted by Crippen LogP contribution is -2.38. The summed E-state index contributed by atoms with van der Waals surface area (Å²) in [5.74, 6) is 2.59. The predicted molar refractivity (Wildman–Crippen MR) is 126 cm³/mol. The Morgan fingerprint density at radius 1 is 1.10 bits per heavy atom. The summed E-state index contributed by atoms with van der Waals surface area (Å²) in [5.41, 5.74) is 2.18. The molecule has 3 rings (SSSR count). The maximum Gasteiger partial charge on any atom is 0.191 e. The third-order valence-corrected chi connectivity index (χ3v) is 6.79. The van der Waals surface area contributed by atoms with Gasteiger partial charge in [0.25, 0.3) is 0 Å². The van der Waals surface area contributed by atoms with Crippen LogP contribution >= 0.6 is 0 Å². The average molecular weight is 444 g/mol. The van der Waals surface area contributed by atoms with Gasteiger partial charge in [0, 0.05) is 45.7 Å². The zero-order valence-electron chi connectivity index (χ0n) is 18.6. The molecule has 31 heavy (non-hydrogen) atoms. The van der Waals surface area contributed by atoms with Crippen molar-refractivity contribution in [3.8, 4) is 0 Å². The molecule has 2 heterocycles. The Morgan fingerprint density at radius 2 is 1.77 bits per heavy atom. The molecule has 7 nitrogen and oxygen atoms in total. The van der Waals surface area contributed by atoms with E-state index in [2.05, 4.69) is 44.6 Å². The largest absolute Gasteiger partial charge is 0.357 e. The second-order valence-corrected chi connectivity index (χ2v) is 10.2. The standard InChI is InChI=1S/C23H33N5O2S/c1-18-11-14-28(15-12-18)22-9-6-20(16-26-22)17-27-23(24-2)25-13-10-19-4-7-21(8-5-19)31(3,29)30/h4-9,16,18H,10-15,17H2,1-3H3,(H2,24,25,27). The van der Waals surface area contributed by atoms with Crippen molar-refractivity contribution < 1.29 is 8.42 Å². The van der Waals surface area contributed by atoms with Crippen molar-refractivity contribution in [2.24, 2.45) is 10.9 Å². The number of anilines is 1. The van der Waals surface area contributed by atoms with Gasteiger partial charge in [0.15, 0.2) is 15.8 Å². The highest BCUT2D eigenvalue weighted by atomic mass is 32.2. The van der Waals surface area contributed by atoms with Crippen LogP contribution in [0, 0.1) is 5.92 Å². The van der Waals surface area contributed by atoms with E-state index >= 15 is 0 Å². The summed E-state index contributed by atoms with van der Waals surface area (Å²) in [7, 11) is -1.41. The molecule has 1 saturated heterocycles. The summed E-state index contributed by atoms with van der Waals surface area (Å²) in [6, 6.07) is 11.2. The normalized spacial score (nSPS) is 15.7. The van der Waals surface area contributed by atoms with E-state index in [1.54, 1.807) is 19.2 Å². The van der Waals surface area contributed by atoms with Gasteiger partial charge in [-0.15, -0.1) is 0 Å². The second kappa shape index (κ2) is 10.6. The molecule has 0 aliphatic carbocycles. The minimum atomic E-state index is -3.16. The van der Waals surface area contributed by atoms with Gasteiger partial charge in [-0.2, -0.15) is 0 Å². The van der Waals surface area contributed by atoms with Crippen molar-refractivity contribution in [3.63, 3.8) is 0 Å². The number of aromatic nitrogens is 1. The number of piperidine rings is 1. The van der Waals surface area contributed by atoms with Crippen LogP contribution in [0.5, 0.6) is 0 Å². The van der Waals surface area contributed by atoms with E-state index < -0.39 is 9.84 Å². The molecule has 2 N–H and O–H groups in total. The quantitative estimate of drug-likeness (QED) is 0.505. The third kappa shape index (κ3) is 6.95. The average Bonchev–Trinajstić information content (AvgIpc) is 2.77. The molecule has 1 aliphatic heterocycles. The first-order chi connectivity index (χ1) is 14.8. The van der Waals surface area contributed by atoms with E-state index in [9.17, 15) is 8.42 Å². The van der Waals surface area contributed by atoms with Gasteiger partial charge < -0.3 is 15.5 Å². The van der Waals surface area contributed by atoms with Crippen LogP contribution < -0.4 is 15.5 Å². The lowest BCUT2D eigenvalue weighted by molar-refractivity contribution is 0.436. The Labute approximate surface area is 185 Å². The fraction of sp³-hybridized carbons (Fsp3) is 0.478. The SMILES string of the molecule is CN=C(NCCc1ccc(S(C)(=O)=O)cc1)NCc1ccc(N2CCC(C)CC2)nc1. The third-order valence-electron chi connectivity index (χ3n) is 5.66. The Morgan fingerprint density at radius 3 is 2.35 bits per heavy atom. The van der Waals surface area contributed by atoms with E-state index in [1.165, 1.54) is 19.1 Å². The Hall–Kier alpha value is -2.61. The van der Waals surface area contributed by atoms with Crippen molar-refractivity contribution in [2.45, 2.75) is 37.6 Å². The van der Waals surface area contributed by atoms with Crippen LogP contribution in [0.4, 0.5) is 5.82 Å². The van der Waals surface area contributed by atoms with Gasteiger partial charge in [-0.05, 0) is 54.5 Å². The molecular weight excluding hydrogens is 410 g/mol. The minimum absolute atomic E-state index is 0.344. The van der Waals surface area contributed by atoms with Crippen LogP contribution in [0.1, 0.15) is 30.9 Å². The van der Waals surface area contributed by atoms with Crippen molar-refractivity contribution in [1.82, 2.24) is 15.6 Å². The first kappa shape index (κ1) is 23.1. The van der Waals surface area contributed by atoms with Crippen LogP contribution in [0.3, 0.4) is 0 Å². The second-order valence-electron chi connectivity index (χ2n) is 8.21. The summed E-state index contributed by atoms with van der Waals surface area (Å²) < 4.78 is 23.1. The van der Waals surface area contributed by atoms with Crippen molar-refractivity contribution in [1.29, 1.82) is 0 Å². The van der Waals surface area contributed by atoms with Crippen molar-refractivity contribution in [3.05, 3.63) is 53.7 Å². The lowest BCUT2D eigenvalue weighted by atomic mass is 9.99. The van der Waals surface area contributed by atoms with Gasteiger partial charge in [0.05, 0.1) is 4.90 Å². The first-order valence-corrected chi connectivity index (χ1v) is 12.7. The highest BCUT2D eigenvalue weighted by molar-refractivity contribution is 7.90. The monoisotopic (exact) mass is 443 g/mol. The highest BCUT2D eigenvalue weighted by Gasteiger charge is 2.16. The predicted octanol–water partition coefficient (Wildman–Crippen LogP) is 2.63. The molecule has 0 bridgehead atoms. The molecule has 1 aromatic heterocycles. The van der Waals surface area contributed by atoms with Gasteiger partial charge >= 0.3 is 0 Å². The molecule has 1 aliphatic rings. The van der Waals surface area contributed by atoms with Gasteiger partial charge in [0.2, 0.25) is 0 Å². The molecule has 0 atom stereocenters. The summed E-state index contributed by atoms with van der Waals surface area (Å²) in [6.07, 6.45) is 6.38. The Kier molecular flexibility index (Phi) is 7.90. The van der Waals surface area contributed by atoms with Crippen LogP contribution in [0.15, 0.2) is 52.5 Å². The van der Waals surface area contributed by atoms with Crippen LogP contribution in [-0.4, -0.2) is 52.3 Å². The van der Waals surface area contributed by atoms with E-state index in [-0.39, 0.29) is 0 Å². The number of rotatable bonds is 7. The molecule has 1 aromatic carbocycles. The summed E-state index contributed by atoms with van der Waals surface area (Å²) in [6.45, 7) is 5.82. The van der Waals surface area contributed by atoms with Crippen molar-refractivity contribution in [2.75, 3.05) is 37.8 Å². The van der Waals surface area contributed by atoms with Crippen LogP contribution in [-0.2, 0) is 22.8 Å². The fourth-order valence-corrected chi connectivity index (χ4v) is 4.21. The zero-order valence-corrected chi connectivity index (χ0v) is 19.5. The van der Waals surface area contributed by atoms with E-state index in [4.69, 9.17) is 0 Å². The summed E-state index contributed by atoms with van der Waals surface area (Å²) >= 11 is 0. The Bertz CT molecular complexity index is 964. The van der Waals surface area contributed by atoms with Gasteiger partial charge in [-0.25, -0.2) is 13.4 Å². The topological polar surface area (TPSA) is 86.7 Å². The smallest absolute Gasteiger partial charge is 0.191 e. The number of sulfone groups is 1. The molecule has 0 saturated carbocycles. The summed E-state index contributed by atoms with van der Waals surface area (Å²) in [5, 5.41) is 6.60. The van der Waals surface area contributed by atoms with Crippen molar-refractivity contribution >= 4 is 21.6 Å². The number of hydrogen-bond donors (Lipinski definition) is 2. The maximum absolute atomic E-state index is 11.5. The number of benzene rings is 1. The number of nitrogens with one attached hydrogen (secondary N) is 2. The van der Waals surface area contributed by atoms with Gasteiger partial charge in [-0.3, -0.25) is 4.99 Å². The molecule has 168 valence electrons. The molecule has 0 amide bonds. The molecule has 0 unspecified atom stereocenters. The van der Waals surface area contributed by atoms with Crippen LogP contribution in [0.25, 0.3) is 0 Å². The van der Waals surface area contributed by atoms with E-state index in [0.717, 1.165) is 48.3 Å². The zero-order chi connectivity index (χ0) is 22.3. The van der Waals surface area contributed by atoms with Gasteiger partial charge in [-0.1, -0.05) is 25.1 Å². The Balaban J connectivity index is 1.43. The molecular formula is C23H33N5O2S.